The van der Waals surface area contributed by atoms with Crippen molar-refractivity contribution in [1.82, 2.24) is 0 Å². The van der Waals surface area contributed by atoms with Crippen LogP contribution in [0.15, 0.2) is 18.2 Å². The maximum Gasteiger partial charge on any atom is 0.332 e. The largest absolute Gasteiger partial charge is 0.496 e. The number of aliphatic carboxylic acids is 1. The maximum absolute atomic E-state index is 10.6. The Balaban J connectivity index is 2.88. The third-order valence-electron chi connectivity index (χ3n) is 2.31. The molecule has 0 aliphatic heterocycles. The summed E-state index contributed by atoms with van der Waals surface area (Å²) in [7, 11) is 1.42. The van der Waals surface area contributed by atoms with E-state index in [0.717, 1.165) is 0 Å². The molecular weight excluding hydrogens is 242 g/mol. The number of carboxylic acids is 1. The summed E-state index contributed by atoms with van der Waals surface area (Å²) in [5, 5.41) is 19.3. The van der Waals surface area contributed by atoms with Crippen LogP contribution in [-0.2, 0) is 16.1 Å². The van der Waals surface area contributed by atoms with Crippen molar-refractivity contribution in [2.45, 2.75) is 19.6 Å². The van der Waals surface area contributed by atoms with Crippen LogP contribution in [-0.4, -0.2) is 29.2 Å². The highest BCUT2D eigenvalue weighted by Gasteiger charge is 2.15. The molecule has 7 nitrogen and oxygen atoms in total. The van der Waals surface area contributed by atoms with Crippen molar-refractivity contribution in [3.05, 3.63) is 33.9 Å². The highest BCUT2D eigenvalue weighted by Crippen LogP contribution is 2.24. The Hall–Kier alpha value is -2.15. The van der Waals surface area contributed by atoms with E-state index in [-0.39, 0.29) is 12.3 Å². The van der Waals surface area contributed by atoms with Crippen molar-refractivity contribution in [3.8, 4) is 5.75 Å². The van der Waals surface area contributed by atoms with Crippen LogP contribution in [0.4, 0.5) is 5.69 Å². The molecule has 1 atom stereocenters. The molecule has 98 valence electrons. The highest BCUT2D eigenvalue weighted by molar-refractivity contribution is 5.71. The summed E-state index contributed by atoms with van der Waals surface area (Å²) in [4.78, 5) is 20.7. The second kappa shape index (κ2) is 5.97. The molecule has 0 saturated heterocycles. The summed E-state index contributed by atoms with van der Waals surface area (Å²) >= 11 is 0. The molecule has 1 aromatic carbocycles. The number of nitro groups is 1. The second-order valence-electron chi connectivity index (χ2n) is 3.54. The summed E-state index contributed by atoms with van der Waals surface area (Å²) in [5.74, 6) is -0.683. The molecule has 0 fully saturated rings. The number of methoxy groups -OCH3 is 1. The number of ether oxygens (including phenoxy) is 2. The van der Waals surface area contributed by atoms with Crippen LogP contribution >= 0.6 is 0 Å². The summed E-state index contributed by atoms with van der Waals surface area (Å²) in [6.45, 7) is 1.31. The molecule has 0 aromatic heterocycles. The van der Waals surface area contributed by atoms with Gasteiger partial charge in [-0.25, -0.2) is 4.79 Å². The third kappa shape index (κ3) is 3.42. The van der Waals surface area contributed by atoms with Crippen molar-refractivity contribution in [3.63, 3.8) is 0 Å². The summed E-state index contributed by atoms with van der Waals surface area (Å²) in [6, 6.07) is 4.05. The van der Waals surface area contributed by atoms with Gasteiger partial charge in [0.2, 0.25) is 0 Å². The molecule has 18 heavy (non-hydrogen) atoms. The van der Waals surface area contributed by atoms with Gasteiger partial charge in [0.25, 0.3) is 5.69 Å². The molecule has 0 spiro atoms. The Morgan fingerprint density at radius 1 is 1.56 bits per heavy atom. The Bertz CT molecular complexity index is 459. The Labute approximate surface area is 103 Å². The molecule has 0 radical (unpaired) electrons. The summed E-state index contributed by atoms with van der Waals surface area (Å²) in [5.41, 5.74) is 0.331. The van der Waals surface area contributed by atoms with Gasteiger partial charge in [0.05, 0.1) is 18.6 Å². The van der Waals surface area contributed by atoms with E-state index in [0.29, 0.717) is 11.3 Å². The number of carbonyl (C=O) groups is 1. The van der Waals surface area contributed by atoms with Crippen molar-refractivity contribution >= 4 is 11.7 Å². The van der Waals surface area contributed by atoms with E-state index in [1.807, 2.05) is 0 Å². The fourth-order valence-electron chi connectivity index (χ4n) is 1.28. The van der Waals surface area contributed by atoms with E-state index in [1.165, 1.54) is 32.2 Å². The maximum atomic E-state index is 10.6. The number of rotatable bonds is 6. The number of nitro benzene ring substituents is 1. The van der Waals surface area contributed by atoms with Crippen molar-refractivity contribution in [1.29, 1.82) is 0 Å². The number of carboxylic acid groups (broad SMARTS) is 1. The lowest BCUT2D eigenvalue weighted by Gasteiger charge is -2.11. The van der Waals surface area contributed by atoms with Crippen LogP contribution in [0.25, 0.3) is 0 Å². The van der Waals surface area contributed by atoms with Gasteiger partial charge in [0.15, 0.2) is 6.10 Å². The molecule has 7 heteroatoms. The lowest BCUT2D eigenvalue weighted by atomic mass is 10.2. The Kier molecular flexibility index (Phi) is 4.61. The minimum atomic E-state index is -1.10. The molecule has 0 amide bonds. The van der Waals surface area contributed by atoms with Crippen molar-refractivity contribution in [2.24, 2.45) is 0 Å². The first kappa shape index (κ1) is 13.9. The van der Waals surface area contributed by atoms with Gasteiger partial charge in [0.1, 0.15) is 5.75 Å². The van der Waals surface area contributed by atoms with Crippen LogP contribution in [0.1, 0.15) is 12.5 Å². The zero-order valence-electron chi connectivity index (χ0n) is 9.95. The topological polar surface area (TPSA) is 98.9 Å². The fourth-order valence-corrected chi connectivity index (χ4v) is 1.28. The normalized spacial score (nSPS) is 11.9. The van der Waals surface area contributed by atoms with E-state index in [2.05, 4.69) is 0 Å². The average molecular weight is 255 g/mol. The van der Waals surface area contributed by atoms with E-state index in [4.69, 9.17) is 14.6 Å². The van der Waals surface area contributed by atoms with Gasteiger partial charge in [0, 0.05) is 17.7 Å². The molecule has 0 unspecified atom stereocenters. The zero-order chi connectivity index (χ0) is 13.7. The molecule has 0 aliphatic carbocycles. The molecule has 0 aliphatic rings. The zero-order valence-corrected chi connectivity index (χ0v) is 9.95. The van der Waals surface area contributed by atoms with E-state index < -0.39 is 17.0 Å². The lowest BCUT2D eigenvalue weighted by molar-refractivity contribution is -0.385. The number of non-ortho nitro benzene ring substituents is 1. The molecule has 1 aromatic rings. The number of hydrogen-bond acceptors (Lipinski definition) is 5. The monoisotopic (exact) mass is 255 g/mol. The van der Waals surface area contributed by atoms with Gasteiger partial charge in [-0.1, -0.05) is 0 Å². The average Bonchev–Trinajstić information content (AvgIpc) is 2.35. The minimum Gasteiger partial charge on any atom is -0.496 e. The molecule has 0 saturated carbocycles. The van der Waals surface area contributed by atoms with Gasteiger partial charge in [-0.3, -0.25) is 10.1 Å². The van der Waals surface area contributed by atoms with Crippen molar-refractivity contribution in [2.75, 3.05) is 7.11 Å². The van der Waals surface area contributed by atoms with E-state index in [1.54, 1.807) is 0 Å². The SMILES string of the molecule is COc1ccc([N+](=O)[O-])cc1CO[C@@H](C)C(=O)O. The minimum absolute atomic E-state index is 0.0711. The second-order valence-corrected chi connectivity index (χ2v) is 3.54. The van der Waals surface area contributed by atoms with Gasteiger partial charge in [-0.15, -0.1) is 0 Å². The number of benzene rings is 1. The molecule has 1 rings (SSSR count). The first-order chi connectivity index (χ1) is 8.45. The smallest absolute Gasteiger partial charge is 0.332 e. The van der Waals surface area contributed by atoms with E-state index in [9.17, 15) is 14.9 Å². The van der Waals surface area contributed by atoms with Crippen LogP contribution in [0.3, 0.4) is 0 Å². The fraction of sp³-hybridized carbons (Fsp3) is 0.364. The summed E-state index contributed by atoms with van der Waals surface area (Å²) < 4.78 is 10.1. The Morgan fingerprint density at radius 2 is 2.22 bits per heavy atom. The molecule has 1 N–H and O–H groups in total. The predicted octanol–water partition coefficient (Wildman–Crippen LogP) is 1.59. The predicted molar refractivity (Wildman–Crippen MR) is 61.5 cm³/mol. The standard InChI is InChI=1S/C11H13NO6/c1-7(11(13)14)18-6-8-5-9(12(15)16)3-4-10(8)17-2/h3-5,7H,6H2,1-2H3,(H,13,14)/t7-/m0/s1. The molecule has 0 bridgehead atoms. The van der Waals surface area contributed by atoms with Gasteiger partial charge >= 0.3 is 5.97 Å². The van der Waals surface area contributed by atoms with Gasteiger partial charge in [-0.05, 0) is 13.0 Å². The quantitative estimate of drug-likeness (QED) is 0.612. The molecular formula is C11H13NO6. The Morgan fingerprint density at radius 3 is 2.72 bits per heavy atom. The van der Waals surface area contributed by atoms with Crippen LogP contribution in [0, 0.1) is 10.1 Å². The first-order valence-corrected chi connectivity index (χ1v) is 5.11. The molecule has 0 heterocycles. The van der Waals surface area contributed by atoms with Gasteiger partial charge in [-0.2, -0.15) is 0 Å². The van der Waals surface area contributed by atoms with Gasteiger partial charge < -0.3 is 14.6 Å². The van der Waals surface area contributed by atoms with Crippen LogP contribution < -0.4 is 4.74 Å². The van der Waals surface area contributed by atoms with E-state index >= 15 is 0 Å². The third-order valence-corrected chi connectivity index (χ3v) is 2.31. The number of nitrogens with zero attached hydrogens (tertiary/aromatic N) is 1. The number of hydrogen-bond donors (Lipinski definition) is 1. The van der Waals surface area contributed by atoms with Crippen molar-refractivity contribution < 1.29 is 24.3 Å². The van der Waals surface area contributed by atoms with Crippen LogP contribution in [0.2, 0.25) is 0 Å². The first-order valence-electron chi connectivity index (χ1n) is 5.11. The summed E-state index contributed by atoms with van der Waals surface area (Å²) in [6.07, 6.45) is -0.992. The highest BCUT2D eigenvalue weighted by atomic mass is 16.6. The lowest BCUT2D eigenvalue weighted by Crippen LogP contribution is -2.19. The van der Waals surface area contributed by atoms with Crippen LogP contribution in [0.5, 0.6) is 5.75 Å².